The molecule has 116 valence electrons. The fraction of sp³-hybridized carbons (Fsp3) is 0.500. The Morgan fingerprint density at radius 3 is 2.73 bits per heavy atom. The van der Waals surface area contributed by atoms with Gasteiger partial charge in [0, 0.05) is 52.0 Å². The molecule has 1 fully saturated rings. The van der Waals surface area contributed by atoms with Crippen LogP contribution in [-0.4, -0.2) is 31.8 Å². The molecule has 1 N–H and O–H groups in total. The average Bonchev–Trinajstić information content (AvgIpc) is 3.17. The molecule has 0 aromatic carbocycles. The van der Waals surface area contributed by atoms with Gasteiger partial charge in [-0.25, -0.2) is 4.79 Å². The zero-order valence-corrected chi connectivity index (χ0v) is 12.8. The Morgan fingerprint density at radius 1 is 1.18 bits per heavy atom. The third kappa shape index (κ3) is 1.49. The van der Waals surface area contributed by atoms with Crippen molar-refractivity contribution in [1.29, 1.82) is 0 Å². The lowest BCUT2D eigenvalue weighted by Crippen LogP contribution is -2.37. The van der Waals surface area contributed by atoms with Gasteiger partial charge in [-0.3, -0.25) is 13.9 Å². The van der Waals surface area contributed by atoms with Crippen LogP contribution in [0.5, 0.6) is 0 Å². The average molecular weight is 302 g/mol. The van der Waals surface area contributed by atoms with E-state index in [1.807, 2.05) is 13.2 Å². The summed E-state index contributed by atoms with van der Waals surface area (Å²) < 4.78 is 4.34. The lowest BCUT2D eigenvalue weighted by molar-refractivity contribution is 0.647. The molecular weight excluding hydrogens is 284 g/mol. The van der Waals surface area contributed by atoms with Crippen LogP contribution in [0.2, 0.25) is 0 Å². The second-order valence-electron chi connectivity index (χ2n) is 5.96. The Balaban J connectivity index is 2.00. The first kappa shape index (κ1) is 13.2. The van der Waals surface area contributed by atoms with Gasteiger partial charge in [0.2, 0.25) is 5.95 Å². The van der Waals surface area contributed by atoms with E-state index in [4.69, 9.17) is 0 Å². The summed E-state index contributed by atoms with van der Waals surface area (Å²) in [4.78, 5) is 31.2. The van der Waals surface area contributed by atoms with Gasteiger partial charge in [0.15, 0.2) is 11.2 Å². The molecule has 1 unspecified atom stereocenters. The van der Waals surface area contributed by atoms with Gasteiger partial charge in [0.05, 0.1) is 0 Å². The number of rotatable bonds is 1. The predicted octanol–water partition coefficient (Wildman–Crippen LogP) is -0.758. The van der Waals surface area contributed by atoms with Crippen LogP contribution in [0.1, 0.15) is 6.42 Å². The Bertz CT molecular complexity index is 931. The number of hydrogen-bond acceptors (Lipinski definition) is 5. The second-order valence-corrected chi connectivity index (χ2v) is 5.96. The van der Waals surface area contributed by atoms with Crippen LogP contribution < -0.4 is 21.5 Å². The summed E-state index contributed by atoms with van der Waals surface area (Å²) in [6.07, 6.45) is 3.09. The van der Waals surface area contributed by atoms with Gasteiger partial charge >= 0.3 is 5.69 Å². The molecule has 0 spiro atoms. The van der Waals surface area contributed by atoms with Crippen LogP contribution in [0.3, 0.4) is 0 Å². The summed E-state index contributed by atoms with van der Waals surface area (Å²) in [6, 6.07) is 0. The number of aryl methyl sites for hydroxylation is 2. The highest BCUT2D eigenvalue weighted by Crippen LogP contribution is 2.34. The summed E-state index contributed by atoms with van der Waals surface area (Å²) in [5.41, 5.74) is 1.42. The molecule has 2 aromatic rings. The third-order valence-corrected chi connectivity index (χ3v) is 4.74. The molecule has 8 nitrogen and oxygen atoms in total. The number of fused-ring (bicyclic) bond motifs is 2. The first-order chi connectivity index (χ1) is 10.5. The van der Waals surface area contributed by atoms with Crippen molar-refractivity contribution in [3.63, 3.8) is 0 Å². The minimum Gasteiger partial charge on any atom is -0.389 e. The van der Waals surface area contributed by atoms with E-state index in [-0.39, 0.29) is 11.2 Å². The Hall–Kier alpha value is -2.51. The smallest absolute Gasteiger partial charge is 0.332 e. The van der Waals surface area contributed by atoms with Gasteiger partial charge in [-0.1, -0.05) is 0 Å². The van der Waals surface area contributed by atoms with E-state index >= 15 is 0 Å². The van der Waals surface area contributed by atoms with E-state index in [1.54, 1.807) is 11.6 Å². The second kappa shape index (κ2) is 4.25. The van der Waals surface area contributed by atoms with Gasteiger partial charge in [-0.15, -0.1) is 0 Å². The van der Waals surface area contributed by atoms with Crippen molar-refractivity contribution in [2.24, 2.45) is 27.1 Å². The van der Waals surface area contributed by atoms with Crippen LogP contribution in [0.25, 0.3) is 11.2 Å². The minimum absolute atomic E-state index is 0.311. The molecule has 1 saturated heterocycles. The molecule has 1 atom stereocenters. The zero-order valence-electron chi connectivity index (χ0n) is 12.8. The van der Waals surface area contributed by atoms with Gasteiger partial charge in [0.25, 0.3) is 5.56 Å². The normalized spacial score (nSPS) is 20.4. The first-order valence-corrected chi connectivity index (χ1v) is 7.34. The SMILES string of the molecule is Cn1c(=O)c2c(nc(N3CCC4CNC=C43)n2C)n(C)c1=O. The van der Waals surface area contributed by atoms with Crippen LogP contribution >= 0.6 is 0 Å². The maximum absolute atomic E-state index is 12.4. The molecule has 0 aliphatic carbocycles. The number of nitrogens with one attached hydrogen (secondary N) is 1. The zero-order chi connectivity index (χ0) is 15.6. The van der Waals surface area contributed by atoms with Crippen molar-refractivity contribution < 1.29 is 0 Å². The monoisotopic (exact) mass is 302 g/mol. The minimum atomic E-state index is -0.358. The fourth-order valence-electron chi connectivity index (χ4n) is 3.45. The molecule has 2 aromatic heterocycles. The summed E-state index contributed by atoms with van der Waals surface area (Å²) >= 11 is 0. The van der Waals surface area contributed by atoms with Crippen molar-refractivity contribution in [3.8, 4) is 0 Å². The lowest BCUT2D eigenvalue weighted by Gasteiger charge is -2.18. The summed E-state index contributed by atoms with van der Waals surface area (Å²) in [6.45, 7) is 1.83. The molecule has 0 radical (unpaired) electrons. The predicted molar refractivity (Wildman–Crippen MR) is 82.7 cm³/mol. The van der Waals surface area contributed by atoms with E-state index < -0.39 is 0 Å². The van der Waals surface area contributed by atoms with Gasteiger partial charge in [0.1, 0.15) is 0 Å². The van der Waals surface area contributed by atoms with Crippen LogP contribution in [0.4, 0.5) is 5.95 Å². The van der Waals surface area contributed by atoms with Crippen LogP contribution in [0, 0.1) is 5.92 Å². The molecule has 0 amide bonds. The van der Waals surface area contributed by atoms with Gasteiger partial charge in [-0.2, -0.15) is 4.98 Å². The molecule has 0 bridgehead atoms. The van der Waals surface area contributed by atoms with Crippen molar-refractivity contribution in [2.45, 2.75) is 6.42 Å². The highest BCUT2D eigenvalue weighted by atomic mass is 16.2. The molecule has 0 saturated carbocycles. The van der Waals surface area contributed by atoms with Crippen molar-refractivity contribution in [2.75, 3.05) is 18.0 Å². The number of imidazole rings is 1. The Kier molecular flexibility index (Phi) is 2.54. The van der Waals surface area contributed by atoms with E-state index in [0.29, 0.717) is 23.0 Å². The maximum Gasteiger partial charge on any atom is 0.332 e. The maximum atomic E-state index is 12.4. The molecule has 8 heteroatoms. The Morgan fingerprint density at radius 2 is 1.95 bits per heavy atom. The highest BCUT2D eigenvalue weighted by Gasteiger charge is 2.34. The molecule has 4 heterocycles. The first-order valence-electron chi connectivity index (χ1n) is 7.34. The van der Waals surface area contributed by atoms with Gasteiger partial charge < -0.3 is 14.8 Å². The van der Waals surface area contributed by atoms with Crippen LogP contribution in [0.15, 0.2) is 21.5 Å². The summed E-state index contributed by atoms with van der Waals surface area (Å²) in [5.74, 6) is 1.22. The fourth-order valence-corrected chi connectivity index (χ4v) is 3.45. The van der Waals surface area contributed by atoms with E-state index in [1.165, 1.54) is 17.3 Å². The summed E-state index contributed by atoms with van der Waals surface area (Å²) in [5, 5.41) is 3.26. The van der Waals surface area contributed by atoms with Crippen LogP contribution in [-0.2, 0) is 21.1 Å². The van der Waals surface area contributed by atoms with E-state index in [2.05, 4.69) is 15.2 Å². The summed E-state index contributed by atoms with van der Waals surface area (Å²) in [7, 11) is 4.96. The molecule has 2 aliphatic rings. The number of anilines is 1. The number of aromatic nitrogens is 4. The molecule has 22 heavy (non-hydrogen) atoms. The van der Waals surface area contributed by atoms with E-state index in [0.717, 1.165) is 24.1 Å². The molecule has 4 rings (SSSR count). The largest absolute Gasteiger partial charge is 0.389 e. The molecular formula is C14H18N6O2. The van der Waals surface area contributed by atoms with Crippen molar-refractivity contribution in [1.82, 2.24) is 24.0 Å². The van der Waals surface area contributed by atoms with Gasteiger partial charge in [-0.05, 0) is 6.42 Å². The standard InChI is InChI=1S/C14H18N6O2/c1-17-10-11(18(2)14(22)19(3)12(10)21)16-13(17)20-5-4-8-6-15-7-9(8)20/h7-8,15H,4-6H2,1-3H3. The number of nitrogens with zero attached hydrogens (tertiary/aromatic N) is 5. The van der Waals surface area contributed by atoms with Crippen molar-refractivity contribution in [3.05, 3.63) is 32.7 Å². The Labute approximate surface area is 126 Å². The topological polar surface area (TPSA) is 77.1 Å². The quantitative estimate of drug-likeness (QED) is 0.749. The highest BCUT2D eigenvalue weighted by molar-refractivity contribution is 5.75. The van der Waals surface area contributed by atoms with Crippen molar-refractivity contribution >= 4 is 17.1 Å². The number of hydrogen-bond donors (Lipinski definition) is 1. The lowest BCUT2D eigenvalue weighted by atomic mass is 10.1. The molecule has 2 aliphatic heterocycles. The third-order valence-electron chi connectivity index (χ3n) is 4.74. The van der Waals surface area contributed by atoms with E-state index in [9.17, 15) is 9.59 Å².